The van der Waals surface area contributed by atoms with Crippen molar-refractivity contribution in [1.82, 2.24) is 19.3 Å². The second-order valence-corrected chi connectivity index (χ2v) is 12.4. The Hall–Kier alpha value is -3.62. The standard InChI is InChI=1S/C31H37ClN6O4/c1-31(2,3)42-30(40)38-25(14-23-13-24(32)6-7-28(23)38)17-36-19-26(18-35-8-10-41-11-9-35)37(29(39)20-36)16-21-4-5-22(15-33)27(34)12-21/h4-7,12-14,26H,8-11,16-20,34H2,1-3H3/t26-/m0/s1. The van der Waals surface area contributed by atoms with Gasteiger partial charge in [-0.15, -0.1) is 0 Å². The number of halogens is 1. The van der Waals surface area contributed by atoms with E-state index in [2.05, 4.69) is 15.9 Å². The summed E-state index contributed by atoms with van der Waals surface area (Å²) in [7, 11) is 0. The molecule has 2 fully saturated rings. The van der Waals surface area contributed by atoms with E-state index in [1.54, 1.807) is 22.8 Å². The van der Waals surface area contributed by atoms with Gasteiger partial charge in [-0.05, 0) is 62.7 Å². The highest BCUT2D eigenvalue weighted by atomic mass is 35.5. The monoisotopic (exact) mass is 592 g/mol. The molecule has 3 heterocycles. The number of hydrogen-bond donors (Lipinski definition) is 1. The molecule has 11 heteroatoms. The predicted molar refractivity (Wildman–Crippen MR) is 161 cm³/mol. The summed E-state index contributed by atoms with van der Waals surface area (Å²) < 4.78 is 12.9. The quantitative estimate of drug-likeness (QED) is 0.426. The maximum Gasteiger partial charge on any atom is 0.419 e. The predicted octanol–water partition coefficient (Wildman–Crippen LogP) is 4.08. The Balaban J connectivity index is 1.42. The van der Waals surface area contributed by atoms with Gasteiger partial charge in [-0.3, -0.25) is 14.6 Å². The third kappa shape index (κ3) is 6.88. The van der Waals surface area contributed by atoms with Crippen LogP contribution in [0.15, 0.2) is 42.5 Å². The summed E-state index contributed by atoms with van der Waals surface area (Å²) in [6.45, 7) is 10.7. The number of ether oxygens (including phenoxy) is 2. The number of aromatic nitrogens is 1. The fourth-order valence-electron chi connectivity index (χ4n) is 5.64. The van der Waals surface area contributed by atoms with E-state index in [9.17, 15) is 14.9 Å². The number of benzene rings is 2. The van der Waals surface area contributed by atoms with Crippen molar-refractivity contribution < 1.29 is 19.1 Å². The van der Waals surface area contributed by atoms with E-state index in [1.165, 1.54) is 0 Å². The van der Waals surface area contributed by atoms with Crippen LogP contribution in [0.2, 0.25) is 5.02 Å². The summed E-state index contributed by atoms with van der Waals surface area (Å²) in [4.78, 5) is 33.4. The Morgan fingerprint density at radius 3 is 2.57 bits per heavy atom. The lowest BCUT2D eigenvalue weighted by Gasteiger charge is -2.43. The highest BCUT2D eigenvalue weighted by Crippen LogP contribution is 2.27. The van der Waals surface area contributed by atoms with Crippen molar-refractivity contribution in [2.24, 2.45) is 0 Å². The van der Waals surface area contributed by atoms with Gasteiger partial charge in [0.2, 0.25) is 5.91 Å². The van der Waals surface area contributed by atoms with Crippen LogP contribution in [0.25, 0.3) is 10.9 Å². The summed E-state index contributed by atoms with van der Waals surface area (Å²) in [6, 6.07) is 14.7. The lowest BCUT2D eigenvalue weighted by atomic mass is 10.1. The molecule has 1 atom stereocenters. The van der Waals surface area contributed by atoms with Crippen molar-refractivity contribution in [2.45, 2.75) is 45.5 Å². The van der Waals surface area contributed by atoms with Crippen LogP contribution in [0.1, 0.15) is 37.6 Å². The van der Waals surface area contributed by atoms with Crippen LogP contribution in [-0.2, 0) is 27.4 Å². The molecule has 0 unspecified atom stereocenters. The zero-order valence-corrected chi connectivity index (χ0v) is 25.1. The lowest BCUT2D eigenvalue weighted by Crippen LogP contribution is -2.59. The fourth-order valence-corrected chi connectivity index (χ4v) is 5.82. The van der Waals surface area contributed by atoms with E-state index in [1.807, 2.05) is 49.9 Å². The number of carbonyl (C=O) groups is 2. The van der Waals surface area contributed by atoms with Gasteiger partial charge in [-0.25, -0.2) is 9.36 Å². The molecule has 2 aromatic carbocycles. The maximum absolute atomic E-state index is 13.7. The highest BCUT2D eigenvalue weighted by molar-refractivity contribution is 6.31. The van der Waals surface area contributed by atoms with Crippen molar-refractivity contribution in [3.63, 3.8) is 0 Å². The molecule has 1 aromatic heterocycles. The van der Waals surface area contributed by atoms with Gasteiger partial charge < -0.3 is 20.1 Å². The number of nitriles is 1. The van der Waals surface area contributed by atoms with E-state index < -0.39 is 11.7 Å². The third-order valence-corrected chi connectivity index (χ3v) is 7.79. The molecule has 0 saturated carbocycles. The molecule has 2 saturated heterocycles. The Morgan fingerprint density at radius 1 is 1.12 bits per heavy atom. The smallest absolute Gasteiger partial charge is 0.419 e. The molecule has 5 rings (SSSR count). The Morgan fingerprint density at radius 2 is 1.88 bits per heavy atom. The molecule has 0 radical (unpaired) electrons. The second kappa shape index (κ2) is 12.3. The molecule has 1 amide bonds. The van der Waals surface area contributed by atoms with Crippen LogP contribution in [0.5, 0.6) is 0 Å². The summed E-state index contributed by atoms with van der Waals surface area (Å²) in [5, 5.41) is 10.7. The second-order valence-electron chi connectivity index (χ2n) is 11.9. The van der Waals surface area contributed by atoms with Crippen molar-refractivity contribution in [1.29, 1.82) is 5.26 Å². The van der Waals surface area contributed by atoms with E-state index in [4.69, 9.17) is 26.8 Å². The van der Waals surface area contributed by atoms with Gasteiger partial charge in [0.1, 0.15) is 11.7 Å². The number of carbonyl (C=O) groups excluding carboxylic acids is 2. The van der Waals surface area contributed by atoms with Gasteiger partial charge in [0, 0.05) is 61.1 Å². The molecule has 0 spiro atoms. The molecule has 2 aliphatic heterocycles. The minimum absolute atomic E-state index is 0.00888. The van der Waals surface area contributed by atoms with Gasteiger partial charge in [0.15, 0.2) is 0 Å². The van der Waals surface area contributed by atoms with E-state index in [-0.39, 0.29) is 18.5 Å². The third-order valence-electron chi connectivity index (χ3n) is 7.55. The van der Waals surface area contributed by atoms with E-state index in [0.717, 1.165) is 29.7 Å². The molecule has 10 nitrogen and oxygen atoms in total. The Kier molecular flexibility index (Phi) is 8.76. The zero-order chi connectivity index (χ0) is 30.0. The lowest BCUT2D eigenvalue weighted by molar-refractivity contribution is -0.142. The molecule has 42 heavy (non-hydrogen) atoms. The summed E-state index contributed by atoms with van der Waals surface area (Å²) >= 11 is 6.27. The normalized spacial score (nSPS) is 18.8. The maximum atomic E-state index is 13.7. The average molecular weight is 593 g/mol. The number of anilines is 1. The first-order valence-corrected chi connectivity index (χ1v) is 14.5. The van der Waals surface area contributed by atoms with Crippen LogP contribution >= 0.6 is 11.6 Å². The van der Waals surface area contributed by atoms with Gasteiger partial charge in [-0.1, -0.05) is 17.7 Å². The Labute approximate surface area is 251 Å². The first-order valence-electron chi connectivity index (χ1n) is 14.1. The van der Waals surface area contributed by atoms with Crippen LogP contribution in [0.3, 0.4) is 0 Å². The molecule has 0 aliphatic carbocycles. The van der Waals surface area contributed by atoms with Gasteiger partial charge in [0.05, 0.1) is 36.9 Å². The molecule has 2 N–H and O–H groups in total. The number of amides is 1. The zero-order valence-electron chi connectivity index (χ0n) is 24.3. The molecule has 222 valence electrons. The number of hydrogen-bond acceptors (Lipinski definition) is 8. The van der Waals surface area contributed by atoms with Crippen molar-refractivity contribution >= 4 is 40.2 Å². The Bertz CT molecular complexity index is 1520. The van der Waals surface area contributed by atoms with Crippen molar-refractivity contribution in [3.05, 3.63) is 64.3 Å². The molecule has 3 aromatic rings. The summed E-state index contributed by atoms with van der Waals surface area (Å²) in [6.07, 6.45) is -0.469. The molecule has 0 bridgehead atoms. The average Bonchev–Trinajstić information content (AvgIpc) is 3.27. The summed E-state index contributed by atoms with van der Waals surface area (Å²) in [5.41, 5.74) is 8.54. The van der Waals surface area contributed by atoms with Gasteiger partial charge in [-0.2, -0.15) is 5.26 Å². The molecular weight excluding hydrogens is 556 g/mol. The first-order chi connectivity index (χ1) is 20.0. The van der Waals surface area contributed by atoms with Crippen LogP contribution in [0, 0.1) is 11.3 Å². The van der Waals surface area contributed by atoms with E-state index >= 15 is 0 Å². The highest BCUT2D eigenvalue weighted by Gasteiger charge is 2.35. The summed E-state index contributed by atoms with van der Waals surface area (Å²) in [5.74, 6) is -0.00888. The number of piperazine rings is 1. The number of fused-ring (bicyclic) bond motifs is 1. The minimum Gasteiger partial charge on any atom is -0.443 e. The SMILES string of the molecule is CC(C)(C)OC(=O)n1c(CN2CC(=O)N(Cc3ccc(C#N)c(N)c3)[C@@H](CN3CCOCC3)C2)cc2cc(Cl)ccc21. The van der Waals surface area contributed by atoms with Crippen molar-refractivity contribution in [3.8, 4) is 6.07 Å². The van der Waals surface area contributed by atoms with Crippen molar-refractivity contribution in [2.75, 3.05) is 51.7 Å². The number of nitrogens with two attached hydrogens (primary N) is 1. The topological polar surface area (TPSA) is 117 Å². The number of morpholine rings is 1. The van der Waals surface area contributed by atoms with Crippen LogP contribution in [0.4, 0.5) is 10.5 Å². The molecular formula is C31H37ClN6O4. The fraction of sp³-hybridized carbons (Fsp3) is 0.452. The number of nitrogen functional groups attached to an aromatic ring is 1. The van der Waals surface area contributed by atoms with Gasteiger partial charge >= 0.3 is 6.09 Å². The minimum atomic E-state index is -0.670. The first kappa shape index (κ1) is 29.9. The van der Waals surface area contributed by atoms with E-state index in [0.29, 0.717) is 61.2 Å². The number of rotatable bonds is 6. The molecule has 2 aliphatic rings. The van der Waals surface area contributed by atoms with Crippen LogP contribution < -0.4 is 5.73 Å². The van der Waals surface area contributed by atoms with Crippen LogP contribution in [-0.4, -0.2) is 88.8 Å². The number of nitrogens with zero attached hydrogens (tertiary/aromatic N) is 5. The largest absolute Gasteiger partial charge is 0.443 e. The van der Waals surface area contributed by atoms with Gasteiger partial charge in [0.25, 0.3) is 0 Å².